The Kier molecular flexibility index (Phi) is 3.70. The summed E-state index contributed by atoms with van der Waals surface area (Å²) in [7, 11) is 0. The normalized spacial score (nSPS) is 22.2. The van der Waals surface area contributed by atoms with Crippen LogP contribution in [0.1, 0.15) is 6.42 Å². The number of hydrogen-bond donors (Lipinski definition) is 2. The van der Waals surface area contributed by atoms with Crippen molar-refractivity contribution < 1.29 is 14.5 Å². The van der Waals surface area contributed by atoms with Gasteiger partial charge in [0.05, 0.1) is 22.2 Å². The molecule has 1 atom stereocenters. The molecule has 1 saturated heterocycles. The molecule has 8 heteroatoms. The van der Waals surface area contributed by atoms with Gasteiger partial charge in [-0.25, -0.2) is 0 Å². The van der Waals surface area contributed by atoms with Crippen molar-refractivity contribution in [2.75, 3.05) is 18.5 Å². The lowest BCUT2D eigenvalue weighted by molar-refractivity contribution is -0.384. The van der Waals surface area contributed by atoms with Crippen LogP contribution in [0.15, 0.2) is 18.2 Å². The number of anilines is 1. The van der Waals surface area contributed by atoms with Crippen molar-refractivity contribution in [3.8, 4) is 0 Å². The third-order valence-corrected chi connectivity index (χ3v) is 3.24. The summed E-state index contributed by atoms with van der Waals surface area (Å²) in [6.07, 6.45) is 0.394. The summed E-state index contributed by atoms with van der Waals surface area (Å²) in [5.74, 6) is -0.465. The fourth-order valence-electron chi connectivity index (χ4n) is 1.73. The highest BCUT2D eigenvalue weighted by Gasteiger charge is 2.38. The van der Waals surface area contributed by atoms with E-state index in [1.54, 1.807) is 0 Å². The largest absolute Gasteiger partial charge is 0.379 e. The van der Waals surface area contributed by atoms with E-state index in [0.29, 0.717) is 13.0 Å². The van der Waals surface area contributed by atoms with Gasteiger partial charge in [-0.15, -0.1) is 0 Å². The molecule has 1 aromatic carbocycles. The Morgan fingerprint density at radius 1 is 1.58 bits per heavy atom. The Morgan fingerprint density at radius 2 is 2.32 bits per heavy atom. The molecule has 3 N–H and O–H groups in total. The van der Waals surface area contributed by atoms with E-state index in [0.717, 1.165) is 0 Å². The maximum absolute atomic E-state index is 12.0. The second-order valence-corrected chi connectivity index (χ2v) is 4.74. The van der Waals surface area contributed by atoms with Crippen LogP contribution in [0.2, 0.25) is 5.02 Å². The second kappa shape index (κ2) is 5.12. The van der Waals surface area contributed by atoms with E-state index in [1.807, 2.05) is 0 Å². The minimum Gasteiger partial charge on any atom is -0.379 e. The number of ether oxygens (including phenoxy) is 1. The summed E-state index contributed by atoms with van der Waals surface area (Å²) in [6, 6.07) is 3.80. The molecule has 1 unspecified atom stereocenters. The minimum absolute atomic E-state index is 0.116. The summed E-state index contributed by atoms with van der Waals surface area (Å²) >= 11 is 5.89. The molecule has 1 fully saturated rings. The highest BCUT2D eigenvalue weighted by atomic mass is 35.5. The van der Waals surface area contributed by atoms with Gasteiger partial charge >= 0.3 is 0 Å². The van der Waals surface area contributed by atoms with Crippen molar-refractivity contribution in [2.45, 2.75) is 12.0 Å². The van der Waals surface area contributed by atoms with Crippen molar-refractivity contribution in [1.29, 1.82) is 0 Å². The van der Waals surface area contributed by atoms with E-state index in [9.17, 15) is 14.9 Å². The first-order valence-corrected chi connectivity index (χ1v) is 5.92. The van der Waals surface area contributed by atoms with E-state index >= 15 is 0 Å². The molecule has 1 aromatic rings. The maximum atomic E-state index is 12.0. The lowest BCUT2D eigenvalue weighted by atomic mass is 9.99. The summed E-state index contributed by atoms with van der Waals surface area (Å²) in [5, 5.41) is 13.4. The predicted octanol–water partition coefficient (Wildman–Crippen LogP) is 1.30. The van der Waals surface area contributed by atoms with Gasteiger partial charge in [0.25, 0.3) is 5.69 Å². The monoisotopic (exact) mass is 285 g/mol. The van der Waals surface area contributed by atoms with Crippen LogP contribution >= 0.6 is 11.6 Å². The van der Waals surface area contributed by atoms with E-state index in [4.69, 9.17) is 22.1 Å². The number of nitrogens with two attached hydrogens (primary N) is 1. The molecule has 0 saturated carbocycles. The van der Waals surface area contributed by atoms with Crippen molar-refractivity contribution in [2.24, 2.45) is 5.73 Å². The maximum Gasteiger partial charge on any atom is 0.271 e. The lowest BCUT2D eigenvalue weighted by Gasteiger charge is -2.20. The van der Waals surface area contributed by atoms with Gasteiger partial charge in [-0.3, -0.25) is 14.9 Å². The van der Waals surface area contributed by atoms with Crippen LogP contribution in [-0.2, 0) is 9.53 Å². The highest BCUT2D eigenvalue weighted by Crippen LogP contribution is 2.28. The van der Waals surface area contributed by atoms with Crippen LogP contribution < -0.4 is 11.1 Å². The SMILES string of the molecule is NC1(C(=O)Nc2cc([N+](=O)[O-])ccc2Cl)CCOC1. The Balaban J connectivity index is 2.20. The minimum atomic E-state index is -1.12. The average Bonchev–Trinajstić information content (AvgIpc) is 2.80. The molecular formula is C11H12ClN3O4. The molecule has 1 amide bonds. The van der Waals surface area contributed by atoms with Crippen LogP contribution in [0, 0.1) is 10.1 Å². The number of carbonyl (C=O) groups is 1. The first-order chi connectivity index (χ1) is 8.92. The molecular weight excluding hydrogens is 274 g/mol. The number of nitrogens with one attached hydrogen (secondary N) is 1. The molecule has 0 radical (unpaired) electrons. The molecule has 0 aromatic heterocycles. The number of hydrogen-bond acceptors (Lipinski definition) is 5. The Hall–Kier alpha value is -1.70. The first-order valence-electron chi connectivity index (χ1n) is 5.54. The Bertz CT molecular complexity index is 529. The van der Waals surface area contributed by atoms with Crippen molar-refractivity contribution in [1.82, 2.24) is 0 Å². The zero-order chi connectivity index (χ0) is 14.0. The lowest BCUT2D eigenvalue weighted by Crippen LogP contribution is -2.51. The van der Waals surface area contributed by atoms with Gasteiger partial charge in [-0.05, 0) is 12.5 Å². The third-order valence-electron chi connectivity index (χ3n) is 2.91. The number of nitrogens with zero attached hydrogens (tertiary/aromatic N) is 1. The fourth-order valence-corrected chi connectivity index (χ4v) is 1.89. The van der Waals surface area contributed by atoms with Gasteiger partial charge in [0.1, 0.15) is 5.54 Å². The number of non-ortho nitro benzene ring substituents is 1. The van der Waals surface area contributed by atoms with Crippen LogP contribution in [0.3, 0.4) is 0 Å². The average molecular weight is 286 g/mol. The second-order valence-electron chi connectivity index (χ2n) is 4.33. The number of benzene rings is 1. The molecule has 7 nitrogen and oxygen atoms in total. The topological polar surface area (TPSA) is 107 Å². The van der Waals surface area contributed by atoms with Crippen LogP contribution in [0.25, 0.3) is 0 Å². The predicted molar refractivity (Wildman–Crippen MR) is 69.1 cm³/mol. The molecule has 19 heavy (non-hydrogen) atoms. The molecule has 2 rings (SSSR count). The van der Waals surface area contributed by atoms with Gasteiger partial charge in [-0.1, -0.05) is 11.6 Å². The molecule has 0 aliphatic carbocycles. The smallest absolute Gasteiger partial charge is 0.271 e. The van der Waals surface area contributed by atoms with E-state index in [2.05, 4.69) is 5.32 Å². The highest BCUT2D eigenvalue weighted by molar-refractivity contribution is 6.33. The Morgan fingerprint density at radius 3 is 2.89 bits per heavy atom. The summed E-state index contributed by atoms with van der Waals surface area (Å²) in [6.45, 7) is 0.526. The van der Waals surface area contributed by atoms with Gasteiger partial charge in [0.2, 0.25) is 5.91 Å². The van der Waals surface area contributed by atoms with E-state index in [1.165, 1.54) is 18.2 Å². The molecule has 1 heterocycles. The van der Waals surface area contributed by atoms with E-state index < -0.39 is 16.4 Å². The number of rotatable bonds is 3. The first kappa shape index (κ1) is 13.7. The molecule has 102 valence electrons. The quantitative estimate of drug-likeness (QED) is 0.643. The molecule has 0 spiro atoms. The van der Waals surface area contributed by atoms with Crippen LogP contribution in [0.4, 0.5) is 11.4 Å². The zero-order valence-corrected chi connectivity index (χ0v) is 10.6. The number of nitro benzene ring substituents is 1. The van der Waals surface area contributed by atoms with Gasteiger partial charge in [0, 0.05) is 18.7 Å². The third kappa shape index (κ3) is 2.83. The standard InChI is InChI=1S/C11H12ClN3O4/c12-8-2-1-7(15(17)18)5-9(8)14-10(16)11(13)3-4-19-6-11/h1-2,5H,3-4,6,13H2,(H,14,16). The fraction of sp³-hybridized carbons (Fsp3) is 0.364. The van der Waals surface area contributed by atoms with Crippen molar-refractivity contribution in [3.63, 3.8) is 0 Å². The summed E-state index contributed by atoms with van der Waals surface area (Å²) in [5.41, 5.74) is 4.77. The zero-order valence-electron chi connectivity index (χ0n) is 9.89. The molecule has 1 aliphatic rings. The number of halogens is 1. The van der Waals surface area contributed by atoms with Gasteiger partial charge < -0.3 is 15.8 Å². The Labute approximate surface area is 113 Å². The van der Waals surface area contributed by atoms with Gasteiger partial charge in [-0.2, -0.15) is 0 Å². The van der Waals surface area contributed by atoms with Gasteiger partial charge in [0.15, 0.2) is 0 Å². The van der Waals surface area contributed by atoms with Crippen molar-refractivity contribution in [3.05, 3.63) is 33.3 Å². The van der Waals surface area contributed by atoms with Crippen LogP contribution in [0.5, 0.6) is 0 Å². The van der Waals surface area contributed by atoms with Crippen molar-refractivity contribution >= 4 is 28.9 Å². The van der Waals surface area contributed by atoms with Crippen LogP contribution in [-0.4, -0.2) is 29.6 Å². The number of carbonyl (C=O) groups excluding carboxylic acids is 1. The number of nitro groups is 1. The number of amides is 1. The summed E-state index contributed by atoms with van der Waals surface area (Å²) in [4.78, 5) is 22.1. The summed E-state index contributed by atoms with van der Waals surface area (Å²) < 4.78 is 5.08. The molecule has 1 aliphatic heterocycles. The van der Waals surface area contributed by atoms with E-state index in [-0.39, 0.29) is 23.0 Å². The molecule has 0 bridgehead atoms.